The number of ether oxygens (including phenoxy) is 4. The molecule has 1 rings (SSSR count). The zero-order valence-corrected chi connectivity index (χ0v) is 35.6. The predicted molar refractivity (Wildman–Crippen MR) is 216 cm³/mol. The molecule has 25 heteroatoms. The highest BCUT2D eigenvalue weighted by Crippen LogP contribution is 2.09. The molecule has 0 bridgehead atoms. The van der Waals surface area contributed by atoms with Crippen molar-refractivity contribution in [3.8, 4) is 0 Å². The average Bonchev–Trinajstić information content (AvgIpc) is 3.21. The third kappa shape index (κ3) is 24.4. The summed E-state index contributed by atoms with van der Waals surface area (Å²) in [7, 11) is 0. The second kappa shape index (κ2) is 30.7. The Morgan fingerprint density at radius 3 is 1.47 bits per heavy atom. The maximum atomic E-state index is 13.5. The smallest absolute Gasteiger partial charge is 0.305 e. The molecular formula is C39H57FN6O18. The number of carboxylic acid groups (broad SMARTS) is 4. The number of hydrogen-bond donors (Lipinski definition) is 10. The molecule has 0 aliphatic heterocycles. The van der Waals surface area contributed by atoms with Gasteiger partial charge in [-0.1, -0.05) is 13.8 Å². The normalized spacial score (nSPS) is 13.3. The summed E-state index contributed by atoms with van der Waals surface area (Å²) in [5.74, 6) is -13.0. The molecule has 1 aromatic rings. The van der Waals surface area contributed by atoms with E-state index in [0.717, 1.165) is 24.3 Å². The summed E-state index contributed by atoms with van der Waals surface area (Å²) in [5.41, 5.74) is -0.138. The molecule has 0 saturated carbocycles. The molecule has 64 heavy (non-hydrogen) atoms. The molecule has 0 fully saturated rings. The summed E-state index contributed by atoms with van der Waals surface area (Å²) >= 11 is 0. The van der Waals surface area contributed by atoms with Crippen molar-refractivity contribution < 1.29 is 91.7 Å². The third-order valence-electron chi connectivity index (χ3n) is 8.52. The second-order valence-corrected chi connectivity index (χ2v) is 14.1. The summed E-state index contributed by atoms with van der Waals surface area (Å²) in [5, 5.41) is 50.4. The van der Waals surface area contributed by atoms with Crippen LogP contribution in [0.25, 0.3) is 0 Å². The van der Waals surface area contributed by atoms with E-state index < -0.39 is 127 Å². The maximum Gasteiger partial charge on any atom is 0.305 e. The Labute approximate surface area is 366 Å². The van der Waals surface area contributed by atoms with Crippen LogP contribution in [0.5, 0.6) is 0 Å². The van der Waals surface area contributed by atoms with Gasteiger partial charge in [0.15, 0.2) is 0 Å². The molecule has 0 radical (unpaired) electrons. The van der Waals surface area contributed by atoms with Gasteiger partial charge >= 0.3 is 23.9 Å². The lowest BCUT2D eigenvalue weighted by Gasteiger charge is -2.28. The summed E-state index contributed by atoms with van der Waals surface area (Å²) < 4.78 is 34.4. The number of carboxylic acids is 4. The van der Waals surface area contributed by atoms with Gasteiger partial charge < -0.3 is 71.3 Å². The zero-order valence-electron chi connectivity index (χ0n) is 35.6. The van der Waals surface area contributed by atoms with E-state index in [1.54, 1.807) is 0 Å². The van der Waals surface area contributed by atoms with Crippen LogP contribution in [0.3, 0.4) is 0 Å². The highest BCUT2D eigenvalue weighted by atomic mass is 19.1. The summed E-state index contributed by atoms with van der Waals surface area (Å²) in [6.45, 7) is 5.85. The molecule has 0 aromatic heterocycles. The van der Waals surface area contributed by atoms with E-state index in [-0.39, 0.29) is 71.4 Å². The lowest BCUT2D eigenvalue weighted by atomic mass is 10.0. The highest BCUT2D eigenvalue weighted by Gasteiger charge is 2.34. The van der Waals surface area contributed by atoms with Gasteiger partial charge in [-0.2, -0.15) is 0 Å². The van der Waals surface area contributed by atoms with Crippen LogP contribution >= 0.6 is 0 Å². The first-order valence-corrected chi connectivity index (χ1v) is 20.0. The van der Waals surface area contributed by atoms with E-state index in [9.17, 15) is 67.7 Å². The van der Waals surface area contributed by atoms with Crippen LogP contribution in [0, 0.1) is 11.7 Å². The molecule has 0 heterocycles. The highest BCUT2D eigenvalue weighted by molar-refractivity contribution is 6.00. The van der Waals surface area contributed by atoms with Crippen molar-refractivity contribution in [3.63, 3.8) is 0 Å². The molecule has 0 aliphatic carbocycles. The Balaban J connectivity index is 2.80. The molecule has 24 nitrogen and oxygen atoms in total. The Bertz CT molecular complexity index is 1730. The first-order chi connectivity index (χ1) is 30.2. The number of nitrogens with one attached hydrogen (secondary N) is 6. The number of benzene rings is 1. The number of carbonyl (C=O) groups excluding carboxylic acids is 6. The molecular weight excluding hydrogens is 859 g/mol. The second-order valence-electron chi connectivity index (χ2n) is 14.1. The van der Waals surface area contributed by atoms with Crippen molar-refractivity contribution in [2.75, 3.05) is 59.4 Å². The lowest BCUT2D eigenvalue weighted by Crippen LogP contribution is -2.60. The van der Waals surface area contributed by atoms with E-state index in [2.05, 4.69) is 31.9 Å². The number of aliphatic carboxylic acids is 4. The molecule has 6 amide bonds. The van der Waals surface area contributed by atoms with Gasteiger partial charge in [0.25, 0.3) is 5.91 Å². The van der Waals surface area contributed by atoms with Crippen LogP contribution in [0.2, 0.25) is 0 Å². The van der Waals surface area contributed by atoms with Crippen molar-refractivity contribution in [2.24, 2.45) is 5.92 Å². The molecule has 358 valence electrons. The molecule has 0 saturated heterocycles. The first-order valence-electron chi connectivity index (χ1n) is 20.0. The minimum Gasteiger partial charge on any atom is -0.481 e. The molecule has 1 unspecified atom stereocenters. The Morgan fingerprint density at radius 2 is 0.969 bits per heavy atom. The van der Waals surface area contributed by atoms with Crippen molar-refractivity contribution in [3.05, 3.63) is 35.6 Å². The average molecular weight is 917 g/mol. The van der Waals surface area contributed by atoms with Gasteiger partial charge in [-0.3, -0.25) is 47.9 Å². The van der Waals surface area contributed by atoms with Gasteiger partial charge in [-0.05, 0) is 43.5 Å². The monoisotopic (exact) mass is 916 g/mol. The van der Waals surface area contributed by atoms with E-state index in [4.69, 9.17) is 24.1 Å². The molecule has 1 aromatic carbocycles. The van der Waals surface area contributed by atoms with E-state index in [0.29, 0.717) is 0 Å². The molecule has 10 N–H and O–H groups in total. The summed E-state index contributed by atoms with van der Waals surface area (Å²) in [6, 6.07) is -4.03. The minimum atomic E-state index is -1.81. The fraction of sp³-hybridized carbons (Fsp3) is 0.590. The van der Waals surface area contributed by atoms with Crippen LogP contribution in [-0.2, 0) is 62.1 Å². The Morgan fingerprint density at radius 1 is 0.516 bits per heavy atom. The third-order valence-corrected chi connectivity index (χ3v) is 8.52. The first kappa shape index (κ1) is 55.7. The summed E-state index contributed by atoms with van der Waals surface area (Å²) in [6.07, 6.45) is -3.32. The molecule has 5 atom stereocenters. The van der Waals surface area contributed by atoms with Crippen LogP contribution < -0.4 is 31.9 Å². The minimum absolute atomic E-state index is 0.0217. The Hall–Kier alpha value is -6.31. The number of amides is 6. The predicted octanol–water partition coefficient (Wildman–Crippen LogP) is -1.99. The molecule has 0 spiro atoms. The van der Waals surface area contributed by atoms with Crippen molar-refractivity contribution in [1.82, 2.24) is 31.9 Å². The lowest BCUT2D eigenvalue weighted by molar-refractivity contribution is -0.142. The van der Waals surface area contributed by atoms with Crippen LogP contribution in [0.15, 0.2) is 24.3 Å². The topological polar surface area (TPSA) is 361 Å². The van der Waals surface area contributed by atoms with E-state index >= 15 is 0 Å². The van der Waals surface area contributed by atoms with Gasteiger partial charge in [0.05, 0.1) is 72.1 Å². The van der Waals surface area contributed by atoms with Crippen LogP contribution in [0.1, 0.15) is 63.2 Å². The maximum absolute atomic E-state index is 13.5. The zero-order chi connectivity index (χ0) is 48.2. The van der Waals surface area contributed by atoms with E-state index in [1.807, 2.05) is 0 Å². The quantitative estimate of drug-likeness (QED) is 0.0335. The van der Waals surface area contributed by atoms with E-state index in [1.165, 1.54) is 20.8 Å². The van der Waals surface area contributed by atoms with Gasteiger partial charge in [0, 0.05) is 18.5 Å². The van der Waals surface area contributed by atoms with Crippen LogP contribution in [-0.4, -0.2) is 169 Å². The van der Waals surface area contributed by atoms with Crippen molar-refractivity contribution >= 4 is 59.3 Å². The standard InChI is InChI=1S/C39H57FN6O18/c1-22(2)33(46-36(57)26(8-9-29(47)48)43-38(59)28(21-32(53)54)44-35(56)24-4-6-25(40)7-5-24)39(60)45-27(20-31(51)52)37(58)42-23(3)34(55)41-11-13-62-15-17-64-19-18-63-16-14-61-12-10-30(49)50/h4-7,22-23,26-28,33H,8-21H2,1-3H3,(H,41,55)(H,42,58)(H,43,59)(H,44,56)(H,45,60)(H,46,57)(H,47,48)(H,49,50)(H,51,52)(H,53,54)/t23-,26-,27-,28?,33-/m0/s1. The number of carbonyl (C=O) groups is 10. The van der Waals surface area contributed by atoms with Gasteiger partial charge in [-0.15, -0.1) is 0 Å². The molecule has 0 aliphatic rings. The van der Waals surface area contributed by atoms with Crippen molar-refractivity contribution in [2.45, 2.75) is 83.1 Å². The summed E-state index contributed by atoms with van der Waals surface area (Å²) in [4.78, 5) is 124. The van der Waals surface area contributed by atoms with Gasteiger partial charge in [0.2, 0.25) is 29.5 Å². The van der Waals surface area contributed by atoms with Crippen molar-refractivity contribution in [1.29, 1.82) is 0 Å². The van der Waals surface area contributed by atoms with Gasteiger partial charge in [0.1, 0.15) is 36.0 Å². The number of hydrogen-bond acceptors (Lipinski definition) is 14. The SMILES string of the molecule is CC(C)[C@H](NC(=O)[C@H](CCC(=O)O)NC(=O)C(CC(=O)O)NC(=O)c1ccc(F)cc1)C(=O)N[C@@H](CC(=O)O)C(=O)N[C@@H](C)C(=O)NCCOCCOCCOCCOCCC(=O)O. The number of halogens is 1. The fourth-order valence-corrected chi connectivity index (χ4v) is 5.17. The Kier molecular flexibility index (Phi) is 26.7. The largest absolute Gasteiger partial charge is 0.481 e. The number of rotatable bonds is 34. The van der Waals surface area contributed by atoms with Crippen LogP contribution in [0.4, 0.5) is 4.39 Å². The van der Waals surface area contributed by atoms with Gasteiger partial charge in [-0.25, -0.2) is 4.39 Å². The fourth-order valence-electron chi connectivity index (χ4n) is 5.17.